The van der Waals surface area contributed by atoms with Crippen LogP contribution in [0.3, 0.4) is 0 Å². The van der Waals surface area contributed by atoms with Crippen LogP contribution in [0.2, 0.25) is 5.02 Å². The maximum absolute atomic E-state index is 12.4. The van der Waals surface area contributed by atoms with Gasteiger partial charge in [-0.1, -0.05) is 23.7 Å². The maximum atomic E-state index is 12.4. The predicted molar refractivity (Wildman–Crippen MR) is 111 cm³/mol. The summed E-state index contributed by atoms with van der Waals surface area (Å²) in [6.07, 6.45) is 0.0271. The van der Waals surface area contributed by atoms with Gasteiger partial charge in [-0.05, 0) is 48.4 Å². The molecule has 0 aliphatic rings. The summed E-state index contributed by atoms with van der Waals surface area (Å²) in [5.41, 5.74) is 6.23. The monoisotopic (exact) mass is 452 g/mol. The lowest BCUT2D eigenvalue weighted by atomic mass is 10.1. The lowest BCUT2D eigenvalue weighted by Gasteiger charge is -2.17. The van der Waals surface area contributed by atoms with Crippen molar-refractivity contribution in [3.8, 4) is 0 Å². The van der Waals surface area contributed by atoms with Gasteiger partial charge in [-0.25, -0.2) is 13.6 Å². The van der Waals surface area contributed by atoms with E-state index in [0.29, 0.717) is 11.4 Å². The predicted octanol–water partition coefficient (Wildman–Crippen LogP) is 0.320. The number of primary amides is 1. The van der Waals surface area contributed by atoms with E-state index in [1.54, 1.807) is 12.1 Å². The number of benzene rings is 2. The van der Waals surface area contributed by atoms with E-state index in [0.717, 1.165) is 5.56 Å². The average molecular weight is 453 g/mol. The van der Waals surface area contributed by atoms with Gasteiger partial charge in [0, 0.05) is 17.1 Å². The zero-order valence-electron chi connectivity index (χ0n) is 15.8. The molecule has 6 N–H and O–H groups in total. The Morgan fingerprint density at radius 2 is 1.60 bits per heavy atom. The second-order valence-electron chi connectivity index (χ2n) is 6.43. The Labute approximate surface area is 178 Å². The molecule has 160 valence electrons. The molecule has 3 amide bonds. The van der Waals surface area contributed by atoms with Gasteiger partial charge in [-0.2, -0.15) is 0 Å². The SMILES string of the molecule is NC(=O)C[C@@H](NC(=O)c1ccc(Cl)cc1)C(=O)NCCc1ccc(S(N)(=O)=O)cc1. The number of nitrogens with one attached hydrogen (secondary N) is 2. The zero-order valence-corrected chi connectivity index (χ0v) is 17.4. The molecule has 2 aromatic rings. The molecule has 0 fully saturated rings. The Kier molecular flexibility index (Phi) is 7.93. The van der Waals surface area contributed by atoms with Gasteiger partial charge in [0.25, 0.3) is 5.91 Å². The number of rotatable bonds is 9. The Morgan fingerprint density at radius 1 is 1.00 bits per heavy atom. The van der Waals surface area contributed by atoms with Crippen LogP contribution in [0.5, 0.6) is 0 Å². The van der Waals surface area contributed by atoms with E-state index in [1.807, 2.05) is 0 Å². The van der Waals surface area contributed by atoms with Crippen LogP contribution in [0.4, 0.5) is 0 Å². The first-order valence-electron chi connectivity index (χ1n) is 8.80. The number of sulfonamides is 1. The molecule has 0 saturated heterocycles. The van der Waals surface area contributed by atoms with Gasteiger partial charge in [0.05, 0.1) is 11.3 Å². The summed E-state index contributed by atoms with van der Waals surface area (Å²) in [5, 5.41) is 10.6. The number of primary sulfonamides is 1. The Bertz CT molecular complexity index is 1020. The van der Waals surface area contributed by atoms with Crippen LogP contribution >= 0.6 is 11.6 Å². The number of carbonyl (C=O) groups excluding carboxylic acids is 3. The molecule has 0 radical (unpaired) electrons. The van der Waals surface area contributed by atoms with Gasteiger partial charge in [-0.3, -0.25) is 14.4 Å². The van der Waals surface area contributed by atoms with Gasteiger partial charge in [0.15, 0.2) is 0 Å². The number of amides is 3. The highest BCUT2D eigenvalue weighted by atomic mass is 35.5. The molecule has 0 unspecified atom stereocenters. The van der Waals surface area contributed by atoms with Crippen molar-refractivity contribution in [2.75, 3.05) is 6.54 Å². The fraction of sp³-hybridized carbons (Fsp3) is 0.211. The van der Waals surface area contributed by atoms with E-state index < -0.39 is 33.8 Å². The van der Waals surface area contributed by atoms with E-state index in [2.05, 4.69) is 10.6 Å². The van der Waals surface area contributed by atoms with Crippen molar-refractivity contribution in [3.05, 3.63) is 64.7 Å². The highest BCUT2D eigenvalue weighted by Gasteiger charge is 2.23. The Morgan fingerprint density at radius 3 is 2.13 bits per heavy atom. The van der Waals surface area contributed by atoms with Crippen molar-refractivity contribution < 1.29 is 22.8 Å². The molecule has 0 heterocycles. The molecule has 0 saturated carbocycles. The first kappa shape index (κ1) is 23.3. The largest absolute Gasteiger partial charge is 0.370 e. The molecule has 0 spiro atoms. The topological polar surface area (TPSA) is 161 Å². The normalized spacial score (nSPS) is 12.1. The fourth-order valence-corrected chi connectivity index (χ4v) is 3.19. The van der Waals surface area contributed by atoms with Crippen LogP contribution in [-0.2, 0) is 26.0 Å². The molecule has 30 heavy (non-hydrogen) atoms. The van der Waals surface area contributed by atoms with Crippen LogP contribution in [0.15, 0.2) is 53.4 Å². The van der Waals surface area contributed by atoms with Crippen LogP contribution in [-0.4, -0.2) is 38.7 Å². The van der Waals surface area contributed by atoms with Crippen molar-refractivity contribution in [3.63, 3.8) is 0 Å². The lowest BCUT2D eigenvalue weighted by molar-refractivity contribution is -0.126. The van der Waals surface area contributed by atoms with Gasteiger partial charge in [-0.15, -0.1) is 0 Å². The van der Waals surface area contributed by atoms with Gasteiger partial charge in [0.1, 0.15) is 6.04 Å². The molecule has 11 heteroatoms. The molecule has 9 nitrogen and oxygen atoms in total. The van der Waals surface area contributed by atoms with Gasteiger partial charge < -0.3 is 16.4 Å². The van der Waals surface area contributed by atoms with Crippen LogP contribution in [0.1, 0.15) is 22.3 Å². The maximum Gasteiger partial charge on any atom is 0.251 e. The highest BCUT2D eigenvalue weighted by molar-refractivity contribution is 7.89. The lowest BCUT2D eigenvalue weighted by Crippen LogP contribution is -2.49. The number of hydrogen-bond acceptors (Lipinski definition) is 5. The standard InChI is InChI=1S/C19H21ClN4O5S/c20-14-5-3-13(4-6-14)18(26)24-16(11-17(21)25)19(27)23-10-9-12-1-7-15(8-2-12)30(22,28)29/h1-8,16H,9-11H2,(H2,21,25)(H,23,27)(H,24,26)(H2,22,28,29)/t16-/m1/s1. The Balaban J connectivity index is 1.95. The van der Waals surface area contributed by atoms with Crippen LogP contribution in [0, 0.1) is 0 Å². The minimum Gasteiger partial charge on any atom is -0.370 e. The minimum atomic E-state index is -3.77. The summed E-state index contributed by atoms with van der Waals surface area (Å²) in [6, 6.07) is 10.8. The van der Waals surface area contributed by atoms with Crippen molar-refractivity contribution >= 4 is 39.3 Å². The fourth-order valence-electron chi connectivity index (χ4n) is 2.55. The molecule has 0 aliphatic carbocycles. The first-order chi connectivity index (χ1) is 14.1. The average Bonchev–Trinajstić information content (AvgIpc) is 2.67. The summed E-state index contributed by atoms with van der Waals surface area (Å²) in [5.74, 6) is -1.87. The second kappa shape index (κ2) is 10.2. The first-order valence-corrected chi connectivity index (χ1v) is 10.7. The van der Waals surface area contributed by atoms with E-state index in [9.17, 15) is 22.8 Å². The van der Waals surface area contributed by atoms with Crippen molar-refractivity contribution in [1.82, 2.24) is 10.6 Å². The van der Waals surface area contributed by atoms with Gasteiger partial charge >= 0.3 is 0 Å². The zero-order chi connectivity index (χ0) is 22.3. The molecular weight excluding hydrogens is 432 g/mol. The number of hydrogen-bond donors (Lipinski definition) is 4. The van der Waals surface area contributed by atoms with Crippen LogP contribution < -0.4 is 21.5 Å². The van der Waals surface area contributed by atoms with Crippen molar-refractivity contribution in [2.24, 2.45) is 10.9 Å². The third-order valence-electron chi connectivity index (χ3n) is 4.10. The number of carbonyl (C=O) groups is 3. The smallest absolute Gasteiger partial charge is 0.251 e. The van der Waals surface area contributed by atoms with E-state index in [-0.39, 0.29) is 23.4 Å². The molecule has 0 aliphatic heterocycles. The van der Waals surface area contributed by atoms with Gasteiger partial charge in [0.2, 0.25) is 21.8 Å². The third-order valence-corrected chi connectivity index (χ3v) is 5.28. The van der Waals surface area contributed by atoms with Crippen molar-refractivity contribution in [1.29, 1.82) is 0 Å². The molecule has 1 atom stereocenters. The third kappa shape index (κ3) is 7.14. The van der Waals surface area contributed by atoms with Crippen molar-refractivity contribution in [2.45, 2.75) is 23.8 Å². The summed E-state index contributed by atoms with van der Waals surface area (Å²) in [4.78, 5) is 36.0. The summed E-state index contributed by atoms with van der Waals surface area (Å²) >= 11 is 5.79. The van der Waals surface area contributed by atoms with Crippen LogP contribution in [0.25, 0.3) is 0 Å². The summed E-state index contributed by atoms with van der Waals surface area (Å²) in [6.45, 7) is 0.194. The molecule has 2 rings (SSSR count). The quantitative estimate of drug-likeness (QED) is 0.430. The van der Waals surface area contributed by atoms with E-state index in [4.69, 9.17) is 22.5 Å². The minimum absolute atomic E-state index is 0.0123. The second-order valence-corrected chi connectivity index (χ2v) is 8.43. The molecular formula is C19H21ClN4O5S. The Hall–Kier alpha value is -2.95. The summed E-state index contributed by atoms with van der Waals surface area (Å²) < 4.78 is 22.5. The van der Waals surface area contributed by atoms with E-state index in [1.165, 1.54) is 36.4 Å². The highest BCUT2D eigenvalue weighted by Crippen LogP contribution is 2.10. The molecule has 0 bridgehead atoms. The molecule has 0 aromatic heterocycles. The number of nitrogens with two attached hydrogens (primary N) is 2. The van der Waals surface area contributed by atoms with E-state index >= 15 is 0 Å². The molecule has 2 aromatic carbocycles. The number of halogens is 1. The summed E-state index contributed by atoms with van der Waals surface area (Å²) in [7, 11) is -3.77.